The number of amides is 1. The molecule has 3 rings (SSSR count). The molecule has 6 nitrogen and oxygen atoms in total. The second-order valence-electron chi connectivity index (χ2n) is 7.29. The summed E-state index contributed by atoms with van der Waals surface area (Å²) >= 11 is 0. The van der Waals surface area contributed by atoms with E-state index in [1.165, 1.54) is 12.1 Å². The highest BCUT2D eigenvalue weighted by atomic mass is 32.2. The molecular formula is C24H26N2O4S. The van der Waals surface area contributed by atoms with Crippen molar-refractivity contribution in [3.63, 3.8) is 0 Å². The van der Waals surface area contributed by atoms with Crippen molar-refractivity contribution in [2.24, 2.45) is 0 Å². The Morgan fingerprint density at radius 2 is 1.61 bits per heavy atom. The second kappa shape index (κ2) is 10.2. The van der Waals surface area contributed by atoms with E-state index >= 15 is 0 Å². The molecule has 0 aliphatic rings. The van der Waals surface area contributed by atoms with Gasteiger partial charge in [-0.25, -0.2) is 13.1 Å². The Kier molecular flexibility index (Phi) is 7.44. The number of carbonyl (C=O) groups excluding carboxylic acids is 1. The SMILES string of the molecule is CC(C)Oc1ccccc1CNC(=O)c1cccc(S(=O)(=O)NCc2ccccc2)c1. The van der Waals surface area contributed by atoms with Crippen LogP contribution < -0.4 is 14.8 Å². The Bertz CT molecular complexity index is 1130. The molecular weight excluding hydrogens is 412 g/mol. The van der Waals surface area contributed by atoms with Gasteiger partial charge in [0.2, 0.25) is 10.0 Å². The van der Waals surface area contributed by atoms with Gasteiger partial charge >= 0.3 is 0 Å². The zero-order valence-electron chi connectivity index (χ0n) is 17.5. The van der Waals surface area contributed by atoms with Crippen molar-refractivity contribution in [1.82, 2.24) is 10.0 Å². The van der Waals surface area contributed by atoms with Crippen molar-refractivity contribution in [2.75, 3.05) is 0 Å². The smallest absolute Gasteiger partial charge is 0.251 e. The normalized spacial score (nSPS) is 11.3. The van der Waals surface area contributed by atoms with E-state index in [1.807, 2.05) is 68.4 Å². The number of sulfonamides is 1. The van der Waals surface area contributed by atoms with Gasteiger partial charge in [0.25, 0.3) is 5.91 Å². The van der Waals surface area contributed by atoms with E-state index in [0.29, 0.717) is 5.75 Å². The zero-order chi connectivity index (χ0) is 22.3. The third kappa shape index (κ3) is 6.41. The summed E-state index contributed by atoms with van der Waals surface area (Å²) in [5, 5.41) is 2.83. The van der Waals surface area contributed by atoms with Gasteiger partial charge < -0.3 is 10.1 Å². The first-order valence-corrected chi connectivity index (χ1v) is 11.5. The molecule has 7 heteroatoms. The quantitative estimate of drug-likeness (QED) is 0.531. The van der Waals surface area contributed by atoms with Gasteiger partial charge in [0, 0.05) is 24.2 Å². The summed E-state index contributed by atoms with van der Waals surface area (Å²) in [6.07, 6.45) is 0.0159. The molecule has 0 spiro atoms. The van der Waals surface area contributed by atoms with E-state index in [2.05, 4.69) is 10.0 Å². The number of ether oxygens (including phenoxy) is 1. The van der Waals surface area contributed by atoms with E-state index in [-0.39, 0.29) is 35.6 Å². The minimum absolute atomic E-state index is 0.0159. The summed E-state index contributed by atoms with van der Waals surface area (Å²) in [4.78, 5) is 12.7. The number of carbonyl (C=O) groups is 1. The van der Waals surface area contributed by atoms with Gasteiger partial charge in [-0.05, 0) is 43.7 Å². The van der Waals surface area contributed by atoms with Crippen molar-refractivity contribution in [3.8, 4) is 5.75 Å². The predicted octanol–water partition coefficient (Wildman–Crippen LogP) is 3.88. The van der Waals surface area contributed by atoms with Crippen LogP contribution in [0.2, 0.25) is 0 Å². The molecule has 3 aromatic carbocycles. The van der Waals surface area contributed by atoms with Gasteiger partial charge in [0.05, 0.1) is 11.0 Å². The Labute approximate surface area is 183 Å². The zero-order valence-corrected chi connectivity index (χ0v) is 18.4. The van der Waals surface area contributed by atoms with E-state index in [1.54, 1.807) is 12.1 Å². The molecule has 0 unspecified atom stereocenters. The highest BCUT2D eigenvalue weighted by Gasteiger charge is 2.16. The lowest BCUT2D eigenvalue weighted by Crippen LogP contribution is -2.25. The standard InChI is InChI=1S/C24H26N2O4S/c1-18(2)30-23-14-7-6-11-21(23)17-25-24(27)20-12-8-13-22(15-20)31(28,29)26-16-19-9-4-3-5-10-19/h3-15,18,26H,16-17H2,1-2H3,(H,25,27). The van der Waals surface area contributed by atoms with Crippen molar-refractivity contribution >= 4 is 15.9 Å². The fraction of sp³-hybridized carbons (Fsp3) is 0.208. The average molecular weight is 439 g/mol. The lowest BCUT2D eigenvalue weighted by Gasteiger charge is -2.14. The third-order valence-electron chi connectivity index (χ3n) is 4.49. The molecule has 3 aromatic rings. The van der Waals surface area contributed by atoms with Gasteiger partial charge in [-0.1, -0.05) is 54.6 Å². The fourth-order valence-electron chi connectivity index (χ4n) is 2.96. The molecule has 2 N–H and O–H groups in total. The third-order valence-corrected chi connectivity index (χ3v) is 5.89. The van der Waals surface area contributed by atoms with Crippen LogP contribution in [0.25, 0.3) is 0 Å². The minimum atomic E-state index is -3.75. The summed E-state index contributed by atoms with van der Waals surface area (Å²) in [6, 6.07) is 22.7. The van der Waals surface area contributed by atoms with Crippen LogP contribution in [-0.2, 0) is 23.1 Å². The Morgan fingerprint density at radius 1 is 0.903 bits per heavy atom. The van der Waals surface area contributed by atoms with Gasteiger partial charge in [-0.2, -0.15) is 0 Å². The Balaban J connectivity index is 1.67. The molecule has 31 heavy (non-hydrogen) atoms. The maximum absolute atomic E-state index is 12.6. The Morgan fingerprint density at radius 3 is 2.35 bits per heavy atom. The highest BCUT2D eigenvalue weighted by Crippen LogP contribution is 2.19. The summed E-state index contributed by atoms with van der Waals surface area (Å²) in [5.74, 6) is 0.346. The second-order valence-corrected chi connectivity index (χ2v) is 9.06. The van der Waals surface area contributed by atoms with Crippen molar-refractivity contribution in [2.45, 2.75) is 37.9 Å². The number of nitrogens with one attached hydrogen (secondary N) is 2. The van der Waals surface area contributed by atoms with E-state index < -0.39 is 10.0 Å². The minimum Gasteiger partial charge on any atom is -0.491 e. The predicted molar refractivity (Wildman–Crippen MR) is 120 cm³/mol. The lowest BCUT2D eigenvalue weighted by atomic mass is 10.1. The largest absolute Gasteiger partial charge is 0.491 e. The fourth-order valence-corrected chi connectivity index (χ4v) is 4.02. The first-order valence-electron chi connectivity index (χ1n) is 10.0. The van der Waals surface area contributed by atoms with Crippen molar-refractivity contribution in [3.05, 3.63) is 95.6 Å². The lowest BCUT2D eigenvalue weighted by molar-refractivity contribution is 0.0950. The van der Waals surface area contributed by atoms with Gasteiger partial charge in [0.15, 0.2) is 0 Å². The Hall–Kier alpha value is -3.16. The molecule has 0 heterocycles. The number of hydrogen-bond acceptors (Lipinski definition) is 4. The van der Waals surface area contributed by atoms with E-state index in [4.69, 9.17) is 4.74 Å². The number of benzene rings is 3. The summed E-state index contributed by atoms with van der Waals surface area (Å²) in [7, 11) is -3.75. The number of para-hydroxylation sites is 1. The maximum atomic E-state index is 12.6. The molecule has 0 saturated carbocycles. The van der Waals surface area contributed by atoms with Crippen LogP contribution >= 0.6 is 0 Å². The monoisotopic (exact) mass is 438 g/mol. The molecule has 0 bridgehead atoms. The van der Waals surface area contributed by atoms with Crippen LogP contribution in [0, 0.1) is 0 Å². The van der Waals surface area contributed by atoms with Crippen molar-refractivity contribution < 1.29 is 17.9 Å². The molecule has 0 aliphatic heterocycles. The molecule has 0 aliphatic carbocycles. The molecule has 0 saturated heterocycles. The summed E-state index contributed by atoms with van der Waals surface area (Å²) in [5.41, 5.74) is 1.96. The molecule has 1 amide bonds. The van der Waals surface area contributed by atoms with Crippen LogP contribution in [0.4, 0.5) is 0 Å². The highest BCUT2D eigenvalue weighted by molar-refractivity contribution is 7.89. The van der Waals surface area contributed by atoms with Gasteiger partial charge in [-0.3, -0.25) is 4.79 Å². The van der Waals surface area contributed by atoms with Crippen LogP contribution in [0.1, 0.15) is 35.3 Å². The van der Waals surface area contributed by atoms with Crippen molar-refractivity contribution in [1.29, 1.82) is 0 Å². The maximum Gasteiger partial charge on any atom is 0.251 e. The number of hydrogen-bond donors (Lipinski definition) is 2. The average Bonchev–Trinajstić information content (AvgIpc) is 2.77. The first kappa shape index (κ1) is 22.5. The molecule has 0 atom stereocenters. The van der Waals surface area contributed by atoms with Crippen LogP contribution in [0.3, 0.4) is 0 Å². The number of rotatable bonds is 9. The molecule has 0 aromatic heterocycles. The van der Waals surface area contributed by atoms with E-state index in [0.717, 1.165) is 11.1 Å². The topological polar surface area (TPSA) is 84.5 Å². The van der Waals surface area contributed by atoms with Gasteiger partial charge in [-0.15, -0.1) is 0 Å². The molecule has 0 radical (unpaired) electrons. The van der Waals surface area contributed by atoms with Crippen LogP contribution in [0.15, 0.2) is 83.8 Å². The van der Waals surface area contributed by atoms with Crippen LogP contribution in [-0.4, -0.2) is 20.4 Å². The molecule has 162 valence electrons. The molecule has 0 fully saturated rings. The first-order chi connectivity index (χ1) is 14.8. The van der Waals surface area contributed by atoms with E-state index in [9.17, 15) is 13.2 Å². The summed E-state index contributed by atoms with van der Waals surface area (Å²) < 4.78 is 33.6. The van der Waals surface area contributed by atoms with Crippen LogP contribution in [0.5, 0.6) is 5.75 Å². The van der Waals surface area contributed by atoms with Gasteiger partial charge in [0.1, 0.15) is 5.75 Å². The summed E-state index contributed by atoms with van der Waals surface area (Å²) in [6.45, 7) is 4.32.